The Balaban J connectivity index is 1.65. The number of imide groups is 1. The number of likely N-dealkylation sites (N-methyl/N-ethyl adjacent to an activating group) is 1. The summed E-state index contributed by atoms with van der Waals surface area (Å²) in [4.78, 5) is 28.7. The summed E-state index contributed by atoms with van der Waals surface area (Å²) in [6.45, 7) is 4.48. The third-order valence-electron chi connectivity index (χ3n) is 5.98. The highest BCUT2D eigenvalue weighted by Crippen LogP contribution is 2.41. The van der Waals surface area contributed by atoms with Gasteiger partial charge in [-0.2, -0.15) is 0 Å². The Hall–Kier alpha value is -3.75. The van der Waals surface area contributed by atoms with Crippen molar-refractivity contribution in [3.05, 3.63) is 65.0 Å². The number of nitrogens with zero attached hydrogens (tertiary/aromatic N) is 5. The van der Waals surface area contributed by atoms with Gasteiger partial charge in [0.25, 0.3) is 5.91 Å². The molecule has 1 N–H and O–H groups in total. The van der Waals surface area contributed by atoms with E-state index in [0.717, 1.165) is 16.7 Å². The van der Waals surface area contributed by atoms with E-state index in [0.29, 0.717) is 23.9 Å². The third kappa shape index (κ3) is 2.96. The smallest absolute Gasteiger partial charge is 0.321 e. The summed E-state index contributed by atoms with van der Waals surface area (Å²) < 4.78 is 15.2. The SMILES string of the molecule is Cc1ccc(C)c(CN2c3nnc(-c4ccc(F)cc4)n3C3C2C(=O)NC(=O)N3C)c1. The van der Waals surface area contributed by atoms with Gasteiger partial charge >= 0.3 is 6.03 Å². The molecule has 1 fully saturated rings. The van der Waals surface area contributed by atoms with Crippen LogP contribution in [0.5, 0.6) is 0 Å². The lowest BCUT2D eigenvalue weighted by Gasteiger charge is -2.37. The van der Waals surface area contributed by atoms with Gasteiger partial charge in [0.15, 0.2) is 11.9 Å². The Bertz CT molecular complexity index is 1210. The molecule has 158 valence electrons. The first-order valence-corrected chi connectivity index (χ1v) is 9.96. The highest BCUT2D eigenvalue weighted by atomic mass is 19.1. The second kappa shape index (κ2) is 6.90. The van der Waals surface area contributed by atoms with Crippen LogP contribution in [0.2, 0.25) is 0 Å². The van der Waals surface area contributed by atoms with Crippen LogP contribution in [0.3, 0.4) is 0 Å². The molecule has 0 saturated carbocycles. The van der Waals surface area contributed by atoms with Crippen molar-refractivity contribution in [3.8, 4) is 11.4 Å². The number of carbonyl (C=O) groups is 2. The van der Waals surface area contributed by atoms with Crippen LogP contribution in [0.1, 0.15) is 22.9 Å². The largest absolute Gasteiger partial charge is 0.325 e. The fraction of sp³-hybridized carbons (Fsp3) is 0.273. The van der Waals surface area contributed by atoms with Crippen LogP contribution < -0.4 is 10.2 Å². The van der Waals surface area contributed by atoms with Crippen LogP contribution in [0.15, 0.2) is 42.5 Å². The summed E-state index contributed by atoms with van der Waals surface area (Å²) in [6.07, 6.45) is -0.614. The highest BCUT2D eigenvalue weighted by Gasteiger charge is 2.52. The van der Waals surface area contributed by atoms with Gasteiger partial charge in [0.05, 0.1) is 0 Å². The fourth-order valence-electron chi connectivity index (χ4n) is 4.32. The molecule has 5 rings (SSSR count). The molecule has 0 radical (unpaired) electrons. The zero-order valence-electron chi connectivity index (χ0n) is 17.3. The van der Waals surface area contributed by atoms with Gasteiger partial charge in [-0.15, -0.1) is 10.2 Å². The quantitative estimate of drug-likeness (QED) is 0.705. The van der Waals surface area contributed by atoms with Crippen LogP contribution in [-0.2, 0) is 11.3 Å². The van der Waals surface area contributed by atoms with E-state index in [1.165, 1.54) is 17.0 Å². The van der Waals surface area contributed by atoms with Crippen molar-refractivity contribution in [1.29, 1.82) is 0 Å². The van der Waals surface area contributed by atoms with Gasteiger partial charge in [-0.25, -0.2) is 9.18 Å². The van der Waals surface area contributed by atoms with Crippen molar-refractivity contribution >= 4 is 17.9 Å². The number of aryl methyl sites for hydroxylation is 2. The Morgan fingerprint density at radius 3 is 2.55 bits per heavy atom. The molecule has 0 bridgehead atoms. The van der Waals surface area contributed by atoms with Gasteiger partial charge in [0, 0.05) is 19.2 Å². The molecule has 31 heavy (non-hydrogen) atoms. The lowest BCUT2D eigenvalue weighted by Crippen LogP contribution is -2.61. The second-order valence-corrected chi connectivity index (χ2v) is 8.02. The second-order valence-electron chi connectivity index (χ2n) is 8.02. The number of anilines is 1. The van der Waals surface area contributed by atoms with E-state index in [1.807, 2.05) is 30.9 Å². The third-order valence-corrected chi connectivity index (χ3v) is 5.98. The van der Waals surface area contributed by atoms with Crippen LogP contribution in [-0.4, -0.2) is 44.7 Å². The first-order valence-electron chi connectivity index (χ1n) is 9.96. The lowest BCUT2D eigenvalue weighted by atomic mass is 10.0. The van der Waals surface area contributed by atoms with Crippen LogP contribution in [0.4, 0.5) is 15.1 Å². The van der Waals surface area contributed by atoms with Crippen molar-refractivity contribution in [2.75, 3.05) is 11.9 Å². The zero-order valence-corrected chi connectivity index (χ0v) is 17.3. The average Bonchev–Trinajstić information content (AvgIpc) is 3.29. The summed E-state index contributed by atoms with van der Waals surface area (Å²) in [6, 6.07) is 10.9. The van der Waals surface area contributed by atoms with Crippen molar-refractivity contribution in [2.24, 2.45) is 0 Å². The van der Waals surface area contributed by atoms with E-state index in [1.54, 1.807) is 23.7 Å². The minimum atomic E-state index is -0.660. The number of rotatable bonds is 3. The number of aromatic nitrogens is 3. The molecule has 2 aliphatic rings. The van der Waals surface area contributed by atoms with E-state index in [2.05, 4.69) is 21.6 Å². The maximum atomic E-state index is 13.5. The number of urea groups is 1. The molecule has 8 nitrogen and oxygen atoms in total. The van der Waals surface area contributed by atoms with Gasteiger partial charge in [-0.05, 0) is 49.2 Å². The van der Waals surface area contributed by atoms with Gasteiger partial charge in [-0.1, -0.05) is 23.8 Å². The van der Waals surface area contributed by atoms with E-state index in [9.17, 15) is 14.0 Å². The first kappa shape index (κ1) is 19.2. The molecule has 2 atom stereocenters. The normalized spacial score (nSPS) is 20.0. The molecule has 1 aromatic heterocycles. The molecule has 0 aliphatic carbocycles. The Kier molecular flexibility index (Phi) is 4.28. The standard InChI is InChI=1S/C22H21FN6O2/c1-12-4-5-13(2)15(10-12)11-28-17-19(30)24-22(31)27(3)20(17)29-18(25-26-21(28)29)14-6-8-16(23)9-7-14/h4-10,17,20H,11H2,1-3H3,(H,24,30,31). The van der Waals surface area contributed by atoms with E-state index < -0.39 is 18.2 Å². The minimum Gasteiger partial charge on any atom is -0.321 e. The van der Waals surface area contributed by atoms with Crippen molar-refractivity contribution < 1.29 is 14.0 Å². The lowest BCUT2D eigenvalue weighted by molar-refractivity contribution is -0.124. The maximum absolute atomic E-state index is 13.5. The summed E-state index contributed by atoms with van der Waals surface area (Å²) in [7, 11) is 1.64. The van der Waals surface area contributed by atoms with Crippen LogP contribution in [0, 0.1) is 19.7 Å². The summed E-state index contributed by atoms with van der Waals surface area (Å²) in [5.74, 6) is 0.229. The summed E-state index contributed by atoms with van der Waals surface area (Å²) >= 11 is 0. The number of halogens is 1. The van der Waals surface area contributed by atoms with Crippen molar-refractivity contribution in [3.63, 3.8) is 0 Å². The van der Waals surface area contributed by atoms with Crippen LogP contribution >= 0.6 is 0 Å². The number of fused-ring (bicyclic) bond motifs is 3. The predicted molar refractivity (Wildman–Crippen MR) is 112 cm³/mol. The highest BCUT2D eigenvalue weighted by molar-refractivity contribution is 6.02. The van der Waals surface area contributed by atoms with Crippen molar-refractivity contribution in [1.82, 2.24) is 25.0 Å². The molecule has 2 aliphatic heterocycles. The maximum Gasteiger partial charge on any atom is 0.325 e. The van der Waals surface area contributed by atoms with Gasteiger partial charge in [-0.3, -0.25) is 14.7 Å². The summed E-state index contributed by atoms with van der Waals surface area (Å²) in [5.41, 5.74) is 3.93. The monoisotopic (exact) mass is 420 g/mol. The molecule has 3 amide bonds. The van der Waals surface area contributed by atoms with E-state index in [4.69, 9.17) is 0 Å². The molecule has 2 aromatic carbocycles. The number of nitrogens with one attached hydrogen (secondary N) is 1. The number of hydrogen-bond acceptors (Lipinski definition) is 5. The number of hydrogen-bond donors (Lipinski definition) is 1. The molecule has 3 heterocycles. The Labute approximate surface area is 178 Å². The van der Waals surface area contributed by atoms with Gasteiger partial charge in [0.2, 0.25) is 5.95 Å². The molecule has 3 aromatic rings. The van der Waals surface area contributed by atoms with E-state index >= 15 is 0 Å². The topological polar surface area (TPSA) is 83.4 Å². The first-order chi connectivity index (χ1) is 14.8. The fourth-order valence-corrected chi connectivity index (χ4v) is 4.32. The molecule has 2 unspecified atom stereocenters. The van der Waals surface area contributed by atoms with Gasteiger partial charge in [0.1, 0.15) is 12.0 Å². The number of amides is 3. The molecular weight excluding hydrogens is 399 g/mol. The summed E-state index contributed by atoms with van der Waals surface area (Å²) in [5, 5.41) is 11.1. The van der Waals surface area contributed by atoms with E-state index in [-0.39, 0.29) is 11.7 Å². The molecule has 0 spiro atoms. The zero-order chi connectivity index (χ0) is 21.9. The minimum absolute atomic E-state index is 0.358. The molecule has 9 heteroatoms. The average molecular weight is 420 g/mol. The molecule has 1 saturated heterocycles. The van der Waals surface area contributed by atoms with Gasteiger partial charge < -0.3 is 9.80 Å². The number of benzene rings is 2. The molecular formula is C22H21FN6O2. The Morgan fingerprint density at radius 1 is 1.06 bits per heavy atom. The van der Waals surface area contributed by atoms with Crippen molar-refractivity contribution in [2.45, 2.75) is 32.6 Å². The van der Waals surface area contributed by atoms with Crippen LogP contribution in [0.25, 0.3) is 11.4 Å². The number of carbonyl (C=O) groups excluding carboxylic acids is 2. The predicted octanol–water partition coefficient (Wildman–Crippen LogP) is 2.77. The Morgan fingerprint density at radius 2 is 1.81 bits per heavy atom.